The van der Waals surface area contributed by atoms with Crippen molar-refractivity contribution in [2.24, 2.45) is 0 Å². The van der Waals surface area contributed by atoms with Crippen molar-refractivity contribution in [2.75, 3.05) is 19.6 Å². The second kappa shape index (κ2) is 10.2. The molecule has 4 N–H and O–H groups in total. The van der Waals surface area contributed by atoms with Gasteiger partial charge in [0.15, 0.2) is 0 Å². The number of hydrogen-bond acceptors (Lipinski definition) is 3. The number of aliphatic carboxylic acids is 1. The Hall–Kier alpha value is -3.15. The minimum atomic E-state index is -0.776. The van der Waals surface area contributed by atoms with Gasteiger partial charge in [-0.2, -0.15) is 0 Å². The Balaban J connectivity index is 1.23. The molecule has 160 valence electrons. The highest BCUT2D eigenvalue weighted by atomic mass is 16.4. The molecule has 0 bridgehead atoms. The largest absolute Gasteiger partial charge is 0.481 e. The van der Waals surface area contributed by atoms with Crippen LogP contribution >= 0.6 is 0 Å². The molecule has 0 aliphatic heterocycles. The summed E-state index contributed by atoms with van der Waals surface area (Å²) in [5, 5.41) is 19.9. The van der Waals surface area contributed by atoms with E-state index in [4.69, 9.17) is 0 Å². The van der Waals surface area contributed by atoms with Crippen molar-refractivity contribution in [3.63, 3.8) is 0 Å². The summed E-state index contributed by atoms with van der Waals surface area (Å²) >= 11 is 0. The monoisotopic (exact) mass is 415 g/mol. The molecule has 1 heterocycles. The molecular weight excluding hydrogens is 386 g/mol. The molecule has 3 aromatic carbocycles. The van der Waals surface area contributed by atoms with Crippen LogP contribution in [0, 0.1) is 0 Å². The van der Waals surface area contributed by atoms with Crippen molar-refractivity contribution in [3.05, 3.63) is 84.1 Å². The molecule has 0 amide bonds. The molecule has 4 rings (SSSR count). The maximum absolute atomic E-state index is 11.3. The molecule has 5 heteroatoms. The van der Waals surface area contributed by atoms with Crippen molar-refractivity contribution in [3.8, 4) is 0 Å². The number of fused-ring (bicyclic) bond motifs is 2. The maximum atomic E-state index is 11.3. The van der Waals surface area contributed by atoms with E-state index in [0.29, 0.717) is 6.42 Å². The van der Waals surface area contributed by atoms with Crippen molar-refractivity contribution in [2.45, 2.75) is 25.3 Å². The van der Waals surface area contributed by atoms with E-state index in [1.54, 1.807) is 0 Å². The normalized spacial score (nSPS) is 12.4. The summed E-state index contributed by atoms with van der Waals surface area (Å²) in [7, 11) is 0. The molecular formula is C26H29N3O2. The predicted molar refractivity (Wildman–Crippen MR) is 127 cm³/mol. The fourth-order valence-electron chi connectivity index (χ4n) is 4.11. The molecule has 0 aliphatic carbocycles. The van der Waals surface area contributed by atoms with Crippen LogP contribution in [0.5, 0.6) is 0 Å². The van der Waals surface area contributed by atoms with Crippen LogP contribution in [0.2, 0.25) is 0 Å². The van der Waals surface area contributed by atoms with E-state index in [1.165, 1.54) is 16.3 Å². The molecule has 5 nitrogen and oxygen atoms in total. The summed E-state index contributed by atoms with van der Waals surface area (Å²) in [6.07, 6.45) is 3.76. The molecule has 0 spiro atoms. The first-order valence-electron chi connectivity index (χ1n) is 10.9. The van der Waals surface area contributed by atoms with Crippen LogP contribution in [-0.4, -0.2) is 41.7 Å². The molecule has 0 unspecified atom stereocenters. The number of para-hydroxylation sites is 1. The van der Waals surface area contributed by atoms with E-state index in [1.807, 2.05) is 24.4 Å². The Labute approximate surface area is 182 Å². The van der Waals surface area contributed by atoms with Gasteiger partial charge in [-0.3, -0.25) is 4.79 Å². The van der Waals surface area contributed by atoms with Gasteiger partial charge in [0, 0.05) is 36.2 Å². The van der Waals surface area contributed by atoms with E-state index >= 15 is 0 Å². The van der Waals surface area contributed by atoms with E-state index in [-0.39, 0.29) is 12.5 Å². The highest BCUT2D eigenvalue weighted by Crippen LogP contribution is 2.20. The standard InChI is InChI=1S/C26H29N3O2/c30-26(31)17-23(16-22-18-29-25-8-4-3-7-24(22)25)28-14-13-27-12-11-19-9-10-20-5-1-2-6-21(20)15-19/h1-10,15,18,23,27-29H,11-14,16-17H2,(H,30,31)/t23-/m0/s1. The van der Waals surface area contributed by atoms with Crippen molar-refractivity contribution in [1.82, 2.24) is 15.6 Å². The Morgan fingerprint density at radius 1 is 0.935 bits per heavy atom. The van der Waals surface area contributed by atoms with E-state index in [0.717, 1.165) is 42.5 Å². The highest BCUT2D eigenvalue weighted by Gasteiger charge is 2.15. The molecule has 0 saturated heterocycles. The van der Waals surface area contributed by atoms with Crippen LogP contribution in [0.15, 0.2) is 72.9 Å². The number of carbonyl (C=O) groups is 1. The fourth-order valence-corrected chi connectivity index (χ4v) is 4.11. The van der Waals surface area contributed by atoms with Gasteiger partial charge in [-0.05, 0) is 47.4 Å². The van der Waals surface area contributed by atoms with Crippen molar-refractivity contribution < 1.29 is 9.90 Å². The van der Waals surface area contributed by atoms with Crippen LogP contribution in [0.25, 0.3) is 21.7 Å². The zero-order valence-electron chi connectivity index (χ0n) is 17.6. The summed E-state index contributed by atoms with van der Waals surface area (Å²) in [5.41, 5.74) is 3.56. The van der Waals surface area contributed by atoms with Crippen LogP contribution in [0.1, 0.15) is 17.5 Å². The van der Waals surface area contributed by atoms with E-state index in [2.05, 4.69) is 64.1 Å². The summed E-state index contributed by atoms with van der Waals surface area (Å²) in [5.74, 6) is -0.776. The number of hydrogen-bond donors (Lipinski definition) is 4. The minimum absolute atomic E-state index is 0.0982. The lowest BCUT2D eigenvalue weighted by atomic mass is 10.0. The lowest BCUT2D eigenvalue weighted by molar-refractivity contribution is -0.137. The quantitative estimate of drug-likeness (QED) is 0.278. The Morgan fingerprint density at radius 3 is 2.61 bits per heavy atom. The van der Waals surface area contributed by atoms with E-state index in [9.17, 15) is 9.90 Å². The number of benzene rings is 3. The van der Waals surface area contributed by atoms with Crippen molar-refractivity contribution >= 4 is 27.6 Å². The SMILES string of the molecule is O=C(O)C[C@H](Cc1c[nH]c2ccccc12)NCCNCCc1ccc2ccccc2c1. The number of aromatic nitrogens is 1. The third kappa shape index (κ3) is 5.72. The van der Waals surface area contributed by atoms with Gasteiger partial charge in [-0.15, -0.1) is 0 Å². The number of carboxylic acid groups (broad SMARTS) is 1. The Morgan fingerprint density at radius 2 is 1.74 bits per heavy atom. The summed E-state index contributed by atoms with van der Waals surface area (Å²) in [6.45, 7) is 2.43. The average molecular weight is 416 g/mol. The molecule has 1 aromatic heterocycles. The van der Waals surface area contributed by atoms with E-state index < -0.39 is 5.97 Å². The number of rotatable bonds is 11. The summed E-state index contributed by atoms with van der Waals surface area (Å²) in [6, 6.07) is 23.0. The molecule has 0 fully saturated rings. The van der Waals surface area contributed by atoms with Crippen molar-refractivity contribution in [1.29, 1.82) is 0 Å². The number of nitrogens with one attached hydrogen (secondary N) is 3. The third-order valence-electron chi connectivity index (χ3n) is 5.70. The van der Waals surface area contributed by atoms with Gasteiger partial charge in [0.25, 0.3) is 0 Å². The first kappa shape index (κ1) is 21.1. The zero-order valence-corrected chi connectivity index (χ0v) is 17.6. The van der Waals surface area contributed by atoms with Crippen LogP contribution in [0.4, 0.5) is 0 Å². The van der Waals surface area contributed by atoms with Gasteiger partial charge in [0.2, 0.25) is 0 Å². The van der Waals surface area contributed by atoms with Gasteiger partial charge < -0.3 is 20.7 Å². The van der Waals surface area contributed by atoms with Gasteiger partial charge in [0.1, 0.15) is 0 Å². The second-order valence-corrected chi connectivity index (χ2v) is 7.99. The second-order valence-electron chi connectivity index (χ2n) is 7.99. The van der Waals surface area contributed by atoms with Gasteiger partial charge in [0.05, 0.1) is 6.42 Å². The average Bonchev–Trinajstić information content (AvgIpc) is 3.18. The smallest absolute Gasteiger partial charge is 0.304 e. The molecule has 31 heavy (non-hydrogen) atoms. The fraction of sp³-hybridized carbons (Fsp3) is 0.269. The first-order chi connectivity index (χ1) is 15.2. The highest BCUT2D eigenvalue weighted by molar-refractivity contribution is 5.83. The Kier molecular flexibility index (Phi) is 6.97. The number of carboxylic acids is 1. The minimum Gasteiger partial charge on any atom is -0.481 e. The van der Waals surface area contributed by atoms with Gasteiger partial charge in [-0.25, -0.2) is 0 Å². The molecule has 0 aliphatic rings. The zero-order chi connectivity index (χ0) is 21.5. The lowest BCUT2D eigenvalue weighted by Gasteiger charge is -2.17. The Bertz CT molecular complexity index is 1150. The topological polar surface area (TPSA) is 77.1 Å². The predicted octanol–water partition coefficient (Wildman–Crippen LogP) is 4.13. The number of H-pyrrole nitrogens is 1. The molecule has 1 atom stereocenters. The molecule has 4 aromatic rings. The van der Waals surface area contributed by atoms with Gasteiger partial charge >= 0.3 is 5.97 Å². The van der Waals surface area contributed by atoms with Crippen LogP contribution in [0.3, 0.4) is 0 Å². The summed E-state index contributed by atoms with van der Waals surface area (Å²) in [4.78, 5) is 14.6. The van der Waals surface area contributed by atoms with Gasteiger partial charge in [-0.1, -0.05) is 60.7 Å². The first-order valence-corrected chi connectivity index (χ1v) is 10.9. The van der Waals surface area contributed by atoms with Crippen LogP contribution < -0.4 is 10.6 Å². The lowest BCUT2D eigenvalue weighted by Crippen LogP contribution is -2.38. The molecule has 0 radical (unpaired) electrons. The maximum Gasteiger partial charge on any atom is 0.304 e. The third-order valence-corrected chi connectivity index (χ3v) is 5.70. The molecule has 0 saturated carbocycles. The van der Waals surface area contributed by atoms with Crippen LogP contribution in [-0.2, 0) is 17.6 Å². The number of aromatic amines is 1. The summed E-state index contributed by atoms with van der Waals surface area (Å²) < 4.78 is 0.